The molecule has 0 aliphatic rings. The molecule has 0 bridgehead atoms. The van der Waals surface area contributed by atoms with Gasteiger partial charge in [0.1, 0.15) is 5.82 Å². The molecule has 0 unspecified atom stereocenters. The molecule has 0 heterocycles. The average Bonchev–Trinajstić information content (AvgIpc) is 2.36. The molecule has 0 aliphatic heterocycles. The van der Waals surface area contributed by atoms with Crippen LogP contribution in [0.4, 0.5) is 4.39 Å². The average molecular weight is 336 g/mol. The summed E-state index contributed by atoms with van der Waals surface area (Å²) in [5.74, 6) is 5.99. The molecule has 0 aromatic heterocycles. The monoisotopic (exact) mass is 335 g/mol. The molecule has 0 N–H and O–H groups in total. The third-order valence-electron chi connectivity index (χ3n) is 2.97. The normalized spacial score (nSPS) is 11.1. The number of hydrogen-bond donors (Lipinski definition) is 0. The largest absolute Gasteiger partial charge is 0.298 e. The Hall–Kier alpha value is -1.56. The van der Waals surface area contributed by atoms with Gasteiger partial charge in [-0.1, -0.05) is 36.1 Å². The SMILES string of the molecule is C=C(C)c1cc(F)cc(CN(C)C/C=C/C#CC(C)(C)C)c1.Cl. The predicted molar refractivity (Wildman–Crippen MR) is 101 cm³/mol. The van der Waals surface area contributed by atoms with E-state index in [1.165, 1.54) is 6.07 Å². The molecule has 0 saturated carbocycles. The molecule has 1 aromatic rings. The van der Waals surface area contributed by atoms with Crippen molar-refractivity contribution in [2.75, 3.05) is 13.6 Å². The van der Waals surface area contributed by atoms with E-state index < -0.39 is 0 Å². The van der Waals surface area contributed by atoms with Gasteiger partial charge in [-0.15, -0.1) is 12.4 Å². The van der Waals surface area contributed by atoms with Gasteiger partial charge < -0.3 is 0 Å². The highest BCUT2D eigenvalue weighted by Crippen LogP contribution is 2.17. The molecule has 0 aliphatic carbocycles. The van der Waals surface area contributed by atoms with E-state index in [-0.39, 0.29) is 23.6 Å². The van der Waals surface area contributed by atoms with Crippen molar-refractivity contribution in [3.8, 4) is 11.8 Å². The lowest BCUT2D eigenvalue weighted by atomic mass is 9.98. The van der Waals surface area contributed by atoms with Crippen LogP contribution in [0.3, 0.4) is 0 Å². The fourth-order valence-corrected chi connectivity index (χ4v) is 1.91. The summed E-state index contributed by atoms with van der Waals surface area (Å²) in [6, 6.07) is 5.09. The summed E-state index contributed by atoms with van der Waals surface area (Å²) >= 11 is 0. The molecule has 0 atom stereocenters. The summed E-state index contributed by atoms with van der Waals surface area (Å²) in [6.45, 7) is 13.5. The second kappa shape index (κ2) is 9.55. The van der Waals surface area contributed by atoms with E-state index in [9.17, 15) is 4.39 Å². The smallest absolute Gasteiger partial charge is 0.124 e. The summed E-state index contributed by atoms with van der Waals surface area (Å²) in [5, 5.41) is 0. The Morgan fingerprint density at radius 3 is 2.52 bits per heavy atom. The molecule has 1 aromatic carbocycles. The quantitative estimate of drug-likeness (QED) is 0.658. The first-order valence-corrected chi connectivity index (χ1v) is 7.49. The van der Waals surface area contributed by atoms with E-state index in [0.29, 0.717) is 6.54 Å². The molecule has 0 radical (unpaired) electrons. The number of hydrogen-bond acceptors (Lipinski definition) is 1. The van der Waals surface area contributed by atoms with Crippen molar-refractivity contribution in [2.24, 2.45) is 5.41 Å². The summed E-state index contributed by atoms with van der Waals surface area (Å²) in [4.78, 5) is 2.12. The van der Waals surface area contributed by atoms with Gasteiger partial charge in [0.25, 0.3) is 0 Å². The maximum Gasteiger partial charge on any atom is 0.124 e. The number of nitrogens with zero attached hydrogens (tertiary/aromatic N) is 1. The first-order valence-electron chi connectivity index (χ1n) is 7.49. The topological polar surface area (TPSA) is 3.24 Å². The molecule has 1 nitrogen and oxygen atoms in total. The van der Waals surface area contributed by atoms with Gasteiger partial charge in [-0.2, -0.15) is 0 Å². The van der Waals surface area contributed by atoms with E-state index in [0.717, 1.165) is 23.2 Å². The fourth-order valence-electron chi connectivity index (χ4n) is 1.91. The van der Waals surface area contributed by atoms with E-state index in [4.69, 9.17) is 0 Å². The van der Waals surface area contributed by atoms with Gasteiger partial charge in [-0.25, -0.2) is 4.39 Å². The molecule has 0 spiro atoms. The Morgan fingerprint density at radius 1 is 1.30 bits per heavy atom. The zero-order valence-electron chi connectivity index (χ0n) is 14.7. The van der Waals surface area contributed by atoms with Crippen LogP contribution in [0, 0.1) is 23.1 Å². The molecule has 23 heavy (non-hydrogen) atoms. The Bertz CT molecular complexity index is 615. The first kappa shape index (κ1) is 21.4. The van der Waals surface area contributed by atoms with Gasteiger partial charge in [0.15, 0.2) is 0 Å². The second-order valence-electron chi connectivity index (χ2n) is 6.75. The number of likely N-dealkylation sites (N-methyl/N-ethyl adjacent to an activating group) is 1. The summed E-state index contributed by atoms with van der Waals surface area (Å²) in [5.41, 5.74) is 2.71. The highest BCUT2D eigenvalue weighted by atomic mass is 35.5. The molecule has 1 rings (SSSR count). The minimum absolute atomic E-state index is 0. The van der Waals surface area contributed by atoms with E-state index >= 15 is 0 Å². The van der Waals surface area contributed by atoms with Gasteiger partial charge in [0.05, 0.1) is 0 Å². The second-order valence-corrected chi connectivity index (χ2v) is 6.75. The lowest BCUT2D eigenvalue weighted by Crippen LogP contribution is -2.17. The summed E-state index contributed by atoms with van der Waals surface area (Å²) < 4.78 is 13.6. The Morgan fingerprint density at radius 2 is 1.96 bits per heavy atom. The van der Waals surface area contributed by atoms with Crippen LogP contribution >= 0.6 is 12.4 Å². The van der Waals surface area contributed by atoms with Gasteiger partial charge in [-0.3, -0.25) is 4.90 Å². The number of rotatable bonds is 5. The van der Waals surface area contributed by atoms with Crippen molar-refractivity contribution in [1.29, 1.82) is 0 Å². The minimum Gasteiger partial charge on any atom is -0.298 e. The van der Waals surface area contributed by atoms with Crippen LogP contribution in [-0.2, 0) is 6.54 Å². The summed E-state index contributed by atoms with van der Waals surface area (Å²) in [7, 11) is 2.01. The molecule has 0 amide bonds. The third-order valence-corrected chi connectivity index (χ3v) is 2.97. The van der Waals surface area contributed by atoms with Crippen molar-refractivity contribution in [2.45, 2.75) is 34.2 Å². The zero-order chi connectivity index (χ0) is 16.8. The highest BCUT2D eigenvalue weighted by molar-refractivity contribution is 5.85. The first-order chi connectivity index (χ1) is 10.2. The Labute approximate surface area is 146 Å². The van der Waals surface area contributed by atoms with Crippen LogP contribution in [0.25, 0.3) is 5.57 Å². The van der Waals surface area contributed by atoms with E-state index in [1.54, 1.807) is 6.07 Å². The number of allylic oxidation sites excluding steroid dienone is 2. The zero-order valence-corrected chi connectivity index (χ0v) is 15.6. The van der Waals surface area contributed by atoms with E-state index in [2.05, 4.69) is 44.1 Å². The molecule has 3 heteroatoms. The van der Waals surface area contributed by atoms with Crippen molar-refractivity contribution in [3.63, 3.8) is 0 Å². The Kier molecular flexibility index (Phi) is 8.90. The predicted octanol–water partition coefficient (Wildman–Crippen LogP) is 5.32. The molecule has 0 fully saturated rings. The molecular weight excluding hydrogens is 309 g/mol. The van der Waals surface area contributed by atoms with Crippen LogP contribution in [-0.4, -0.2) is 18.5 Å². The standard InChI is InChI=1S/C20H26FN.ClH/c1-16(2)18-12-17(13-19(21)14-18)15-22(6)11-9-7-8-10-20(3,4)5;/h7,9,12-14H,1,11,15H2,2-6H3;1H/b9-7+;. The van der Waals surface area contributed by atoms with Crippen molar-refractivity contribution >= 4 is 18.0 Å². The molecular formula is C20H27ClFN. The lowest BCUT2D eigenvalue weighted by molar-refractivity contribution is 0.362. The number of halogens is 2. The van der Waals surface area contributed by atoms with Gasteiger partial charge in [0.2, 0.25) is 0 Å². The Balaban J connectivity index is 0.00000484. The minimum atomic E-state index is -0.213. The van der Waals surface area contributed by atoms with Crippen LogP contribution in [0.1, 0.15) is 38.8 Å². The fraction of sp³-hybridized carbons (Fsp3) is 0.400. The molecule has 0 saturated heterocycles. The van der Waals surface area contributed by atoms with Gasteiger partial charge >= 0.3 is 0 Å². The third kappa shape index (κ3) is 9.23. The van der Waals surface area contributed by atoms with Gasteiger partial charge in [0, 0.05) is 18.5 Å². The van der Waals surface area contributed by atoms with E-state index in [1.807, 2.05) is 32.2 Å². The van der Waals surface area contributed by atoms with Crippen LogP contribution in [0.15, 0.2) is 36.9 Å². The molecule has 126 valence electrons. The maximum atomic E-state index is 13.6. The van der Waals surface area contributed by atoms with Crippen LogP contribution in [0.2, 0.25) is 0 Å². The van der Waals surface area contributed by atoms with Crippen molar-refractivity contribution in [3.05, 3.63) is 53.9 Å². The maximum absolute atomic E-state index is 13.6. The van der Waals surface area contributed by atoms with Crippen molar-refractivity contribution in [1.82, 2.24) is 4.90 Å². The summed E-state index contributed by atoms with van der Waals surface area (Å²) in [6.07, 6.45) is 3.91. The van der Waals surface area contributed by atoms with Crippen LogP contribution < -0.4 is 0 Å². The van der Waals surface area contributed by atoms with Crippen LogP contribution in [0.5, 0.6) is 0 Å². The highest BCUT2D eigenvalue weighted by Gasteiger charge is 2.04. The van der Waals surface area contributed by atoms with Crippen molar-refractivity contribution < 1.29 is 4.39 Å². The lowest BCUT2D eigenvalue weighted by Gasteiger charge is -2.15. The number of benzene rings is 1. The van der Waals surface area contributed by atoms with Gasteiger partial charge in [-0.05, 0) is 64.1 Å².